The summed E-state index contributed by atoms with van der Waals surface area (Å²) in [6.07, 6.45) is 0. The van der Waals surface area contributed by atoms with Gasteiger partial charge in [-0.2, -0.15) is 0 Å². The predicted molar refractivity (Wildman–Crippen MR) is 98.8 cm³/mol. The number of hydrazine groups is 1. The molecule has 0 aromatic heterocycles. The van der Waals surface area contributed by atoms with Gasteiger partial charge in [0.15, 0.2) is 0 Å². The number of esters is 4. The van der Waals surface area contributed by atoms with Crippen LogP contribution in [0.3, 0.4) is 0 Å². The largest absolute Gasteiger partial charge is 0.392 e. The fourth-order valence-electron chi connectivity index (χ4n) is 5.42. The Morgan fingerprint density at radius 2 is 0.867 bits per heavy atom. The molecule has 0 radical (unpaired) electrons. The molecule has 2 aromatic carbocycles. The van der Waals surface area contributed by atoms with Crippen LogP contribution in [-0.4, -0.2) is 46.0 Å². The van der Waals surface area contributed by atoms with Gasteiger partial charge in [-0.05, 0) is 11.1 Å². The van der Waals surface area contributed by atoms with E-state index in [2.05, 4.69) is 0 Å². The lowest BCUT2D eigenvalue weighted by molar-refractivity contribution is -0.167. The van der Waals surface area contributed by atoms with Crippen molar-refractivity contribution in [3.63, 3.8) is 0 Å². The first-order valence-corrected chi connectivity index (χ1v) is 9.75. The maximum atomic E-state index is 12.7. The van der Waals surface area contributed by atoms with Gasteiger partial charge in [-0.1, -0.05) is 60.7 Å². The van der Waals surface area contributed by atoms with Crippen LogP contribution in [0.2, 0.25) is 0 Å². The van der Waals surface area contributed by atoms with E-state index in [0.717, 1.165) is 11.1 Å². The lowest BCUT2D eigenvalue weighted by Crippen LogP contribution is -2.45. The second-order valence-electron chi connectivity index (χ2n) is 7.89. The summed E-state index contributed by atoms with van der Waals surface area (Å²) in [6, 6.07) is 15.3. The van der Waals surface area contributed by atoms with E-state index in [1.165, 1.54) is 0 Å². The highest BCUT2D eigenvalue weighted by atomic mass is 16.6. The highest BCUT2D eigenvalue weighted by Gasteiger charge is 2.72. The number of ether oxygens (including phenoxy) is 2. The van der Waals surface area contributed by atoms with Crippen LogP contribution in [0.4, 0.5) is 0 Å². The van der Waals surface area contributed by atoms with Crippen LogP contribution in [0.15, 0.2) is 60.7 Å². The number of carbonyl (C=O) groups is 4. The van der Waals surface area contributed by atoms with E-state index in [9.17, 15) is 19.2 Å². The monoisotopic (exact) mass is 404 g/mol. The zero-order chi connectivity index (χ0) is 20.6. The molecule has 8 nitrogen and oxygen atoms in total. The lowest BCUT2D eigenvalue weighted by Gasteiger charge is -2.33. The Morgan fingerprint density at radius 3 is 1.23 bits per heavy atom. The minimum Gasteiger partial charge on any atom is -0.392 e. The van der Waals surface area contributed by atoms with Crippen LogP contribution in [0.25, 0.3) is 0 Å². The number of benzene rings is 2. The van der Waals surface area contributed by atoms with Gasteiger partial charge < -0.3 is 9.47 Å². The Balaban J connectivity index is 1.58. The summed E-state index contributed by atoms with van der Waals surface area (Å²) in [5.74, 6) is -4.14. The van der Waals surface area contributed by atoms with Crippen LogP contribution < -0.4 is 0 Å². The van der Waals surface area contributed by atoms with Crippen LogP contribution in [0.1, 0.15) is 23.2 Å². The summed E-state index contributed by atoms with van der Waals surface area (Å²) in [5.41, 5.74) is 1.53. The predicted octanol–water partition coefficient (Wildman–Crippen LogP) is 1.15. The van der Waals surface area contributed by atoms with Crippen molar-refractivity contribution in [3.05, 3.63) is 71.8 Å². The third-order valence-electron chi connectivity index (χ3n) is 6.48. The summed E-state index contributed by atoms with van der Waals surface area (Å²) in [4.78, 5) is 50.8. The molecule has 150 valence electrons. The second kappa shape index (κ2) is 6.07. The van der Waals surface area contributed by atoms with E-state index in [-0.39, 0.29) is 0 Å². The highest BCUT2D eigenvalue weighted by molar-refractivity contribution is 6.02. The van der Waals surface area contributed by atoms with Gasteiger partial charge >= 0.3 is 23.9 Å². The van der Waals surface area contributed by atoms with Gasteiger partial charge in [-0.3, -0.25) is 9.59 Å². The molecule has 4 aliphatic rings. The molecular formula is C22H16N2O6. The van der Waals surface area contributed by atoms with Crippen molar-refractivity contribution in [1.29, 1.82) is 0 Å². The molecule has 0 aliphatic carbocycles. The minimum atomic E-state index is -0.904. The highest BCUT2D eigenvalue weighted by Crippen LogP contribution is 2.58. The molecule has 0 saturated carbocycles. The van der Waals surface area contributed by atoms with Crippen LogP contribution in [0.5, 0.6) is 0 Å². The molecule has 2 aromatic rings. The number of carbonyl (C=O) groups excluding carboxylic acids is 4. The molecule has 30 heavy (non-hydrogen) atoms. The summed E-state index contributed by atoms with van der Waals surface area (Å²) in [5, 5.41) is 3.44. The number of fused-ring (bicyclic) bond motifs is 5. The normalized spacial score (nSPS) is 35.2. The van der Waals surface area contributed by atoms with Crippen molar-refractivity contribution >= 4 is 23.9 Å². The Bertz CT molecular complexity index is 1000. The van der Waals surface area contributed by atoms with Crippen LogP contribution in [0, 0.1) is 11.8 Å². The molecule has 8 heteroatoms. The third kappa shape index (κ3) is 2.12. The molecule has 0 N–H and O–H groups in total. The Labute approximate surface area is 170 Å². The molecule has 4 fully saturated rings. The number of hydrogen-bond acceptors (Lipinski definition) is 8. The van der Waals surface area contributed by atoms with Crippen molar-refractivity contribution < 1.29 is 28.7 Å². The van der Waals surface area contributed by atoms with Gasteiger partial charge in [-0.15, -0.1) is 0 Å². The molecule has 0 amide bonds. The van der Waals surface area contributed by atoms with E-state index in [1.54, 1.807) is 10.0 Å². The average molecular weight is 404 g/mol. The van der Waals surface area contributed by atoms with Crippen molar-refractivity contribution in [2.45, 2.75) is 24.2 Å². The Morgan fingerprint density at radius 1 is 0.500 bits per heavy atom. The second-order valence-corrected chi connectivity index (χ2v) is 7.89. The van der Waals surface area contributed by atoms with Crippen molar-refractivity contribution in [2.75, 3.05) is 0 Å². The first-order chi connectivity index (χ1) is 14.6. The first-order valence-electron chi connectivity index (χ1n) is 9.75. The van der Waals surface area contributed by atoms with E-state index in [1.807, 2.05) is 60.7 Å². The smallest absolute Gasteiger partial charge is 0.333 e. The molecule has 4 saturated heterocycles. The van der Waals surface area contributed by atoms with Crippen molar-refractivity contribution in [2.24, 2.45) is 11.8 Å². The van der Waals surface area contributed by atoms with Gasteiger partial charge in [0.25, 0.3) is 0 Å². The minimum absolute atomic E-state index is 0.616. The fourth-order valence-corrected chi connectivity index (χ4v) is 5.42. The molecule has 6 atom stereocenters. The number of rotatable bonds is 2. The molecule has 0 bridgehead atoms. The van der Waals surface area contributed by atoms with Gasteiger partial charge in [0, 0.05) is 0 Å². The number of hydrogen-bond donors (Lipinski definition) is 0. The SMILES string of the molecule is O=C1OC(=O)[C@H]2[C@H]1[C@H](c1ccccc1)N1[C@@H]3C(=O)OC(=O)[C@@H]3[C@H](c3ccccc3)N21. The van der Waals surface area contributed by atoms with Crippen molar-refractivity contribution in [1.82, 2.24) is 10.0 Å². The molecule has 4 heterocycles. The maximum absolute atomic E-state index is 12.7. The summed E-state index contributed by atoms with van der Waals surface area (Å²) in [7, 11) is 0. The molecular weight excluding hydrogens is 388 g/mol. The van der Waals surface area contributed by atoms with E-state index in [4.69, 9.17) is 9.47 Å². The molecule has 0 unspecified atom stereocenters. The average Bonchev–Trinajstić information content (AvgIpc) is 3.43. The van der Waals surface area contributed by atoms with E-state index in [0.29, 0.717) is 0 Å². The summed E-state index contributed by atoms with van der Waals surface area (Å²) in [6.45, 7) is 0. The topological polar surface area (TPSA) is 93.2 Å². The van der Waals surface area contributed by atoms with Gasteiger partial charge in [0.2, 0.25) is 0 Å². The maximum Gasteiger partial charge on any atom is 0.333 e. The third-order valence-corrected chi connectivity index (χ3v) is 6.48. The zero-order valence-corrected chi connectivity index (χ0v) is 15.6. The molecule has 0 spiro atoms. The fraction of sp³-hybridized carbons (Fsp3) is 0.273. The summed E-state index contributed by atoms with van der Waals surface area (Å²) < 4.78 is 10.0. The van der Waals surface area contributed by atoms with Crippen molar-refractivity contribution in [3.8, 4) is 0 Å². The molecule has 6 rings (SSSR count). The quantitative estimate of drug-likeness (QED) is 0.544. The lowest BCUT2D eigenvalue weighted by atomic mass is 9.84. The standard InChI is InChI=1S/C22H16N2O6/c25-19-13-15(11-7-3-1-4-8-11)23-18-14(20(26)30-22(18)28)16(12-9-5-2-6-10-12)24(23)17(13)21(27)29-19/h1-10,13-18H/t13-,14-,15+,16+,17-,18+/m1/s1. The van der Waals surface area contributed by atoms with Crippen LogP contribution >= 0.6 is 0 Å². The van der Waals surface area contributed by atoms with E-state index >= 15 is 0 Å². The Kier molecular flexibility index (Phi) is 3.54. The number of cyclic esters (lactones) is 4. The zero-order valence-electron chi connectivity index (χ0n) is 15.6. The van der Waals surface area contributed by atoms with Gasteiger partial charge in [0.05, 0.1) is 12.1 Å². The summed E-state index contributed by atoms with van der Waals surface area (Å²) >= 11 is 0. The first kappa shape index (κ1) is 17.5. The van der Waals surface area contributed by atoms with Gasteiger partial charge in [0.1, 0.15) is 23.9 Å². The number of nitrogens with zero attached hydrogens (tertiary/aromatic N) is 2. The van der Waals surface area contributed by atoms with Gasteiger partial charge in [-0.25, -0.2) is 19.6 Å². The van der Waals surface area contributed by atoms with E-state index < -0.39 is 59.9 Å². The molecule has 4 aliphatic heterocycles. The van der Waals surface area contributed by atoms with Crippen LogP contribution in [-0.2, 0) is 28.7 Å². The Hall–Kier alpha value is -3.36.